The molecule has 0 saturated heterocycles. The van der Waals surface area contributed by atoms with Crippen LogP contribution in [0.1, 0.15) is 26.0 Å². The number of hydrogen-bond donors (Lipinski definition) is 0. The van der Waals surface area contributed by atoms with Gasteiger partial charge in [-0.2, -0.15) is 0 Å². The van der Waals surface area contributed by atoms with Crippen LogP contribution in [0.3, 0.4) is 0 Å². The number of hydrogen-bond acceptors (Lipinski definition) is 8. The molecule has 1 aromatic heterocycles. The van der Waals surface area contributed by atoms with Crippen LogP contribution in [0.2, 0.25) is 0 Å². The molecule has 120 valence electrons. The second kappa shape index (κ2) is 6.61. The number of ether oxygens (including phenoxy) is 2. The number of amidine groups is 1. The first-order valence-electron chi connectivity index (χ1n) is 6.92. The third-order valence-electron chi connectivity index (χ3n) is 2.90. The van der Waals surface area contributed by atoms with Gasteiger partial charge in [-0.15, -0.1) is 0 Å². The Morgan fingerprint density at radius 3 is 2.64 bits per heavy atom. The average Bonchev–Trinajstić information content (AvgIpc) is 3.07. The largest absolute Gasteiger partial charge is 0.466 e. The number of carbonyl (C=O) groups is 2. The first kappa shape index (κ1) is 16.0. The van der Waals surface area contributed by atoms with E-state index in [4.69, 9.17) is 18.7 Å². The van der Waals surface area contributed by atoms with Crippen molar-refractivity contribution in [1.82, 2.24) is 5.06 Å². The van der Waals surface area contributed by atoms with Gasteiger partial charge < -0.3 is 13.9 Å². The molecule has 0 spiro atoms. The van der Waals surface area contributed by atoms with Crippen LogP contribution in [0, 0.1) is 0 Å². The fourth-order valence-electron chi connectivity index (χ4n) is 2.03. The van der Waals surface area contributed by atoms with Crippen molar-refractivity contribution >= 4 is 17.8 Å². The Kier molecular flexibility index (Phi) is 4.81. The zero-order valence-corrected chi connectivity index (χ0v) is 12.7. The number of rotatable bonds is 6. The van der Waals surface area contributed by atoms with Crippen LogP contribution in [0.25, 0.3) is 0 Å². The highest BCUT2D eigenvalue weighted by Gasteiger charge is 2.51. The first-order chi connectivity index (χ1) is 10.5. The number of carbonyl (C=O) groups excluding carboxylic acids is 2. The maximum Gasteiger partial charge on any atom is 0.364 e. The van der Waals surface area contributed by atoms with Gasteiger partial charge >= 0.3 is 11.9 Å². The van der Waals surface area contributed by atoms with Gasteiger partial charge in [0.05, 0.1) is 19.5 Å². The molecule has 0 amide bonds. The minimum atomic E-state index is -1.79. The molecule has 0 saturated carbocycles. The maximum atomic E-state index is 12.2. The van der Waals surface area contributed by atoms with Gasteiger partial charge in [-0.3, -0.25) is 4.79 Å². The Bertz CT molecular complexity index is 568. The van der Waals surface area contributed by atoms with Crippen LogP contribution in [0.5, 0.6) is 0 Å². The third-order valence-corrected chi connectivity index (χ3v) is 2.90. The van der Waals surface area contributed by atoms with Gasteiger partial charge in [-0.25, -0.2) is 19.7 Å². The average molecular weight is 310 g/mol. The minimum Gasteiger partial charge on any atom is -0.466 e. The third kappa shape index (κ3) is 3.11. The lowest BCUT2D eigenvalue weighted by atomic mass is 10.1. The summed E-state index contributed by atoms with van der Waals surface area (Å²) < 4.78 is 15.1. The Hall–Kier alpha value is -2.35. The van der Waals surface area contributed by atoms with E-state index in [9.17, 15) is 9.59 Å². The number of aliphatic imine (C=N–C) groups is 1. The summed E-state index contributed by atoms with van der Waals surface area (Å²) in [7, 11) is 1.56. The maximum absolute atomic E-state index is 12.2. The molecule has 2 rings (SSSR count). The Labute approximate surface area is 127 Å². The zero-order valence-electron chi connectivity index (χ0n) is 12.7. The standard InChI is InChI=1S/C14H18N2O6/c1-4-19-11(17)9-14(13(18)20-5-2)15-12(16(3)22-14)10-7-6-8-21-10/h6-8H,4-5,9H2,1-3H3. The molecule has 8 heteroatoms. The molecular weight excluding hydrogens is 292 g/mol. The Morgan fingerprint density at radius 1 is 1.32 bits per heavy atom. The Morgan fingerprint density at radius 2 is 2.05 bits per heavy atom. The van der Waals surface area contributed by atoms with Gasteiger partial charge in [0.25, 0.3) is 5.72 Å². The van der Waals surface area contributed by atoms with Crippen molar-refractivity contribution in [2.24, 2.45) is 4.99 Å². The summed E-state index contributed by atoms with van der Waals surface area (Å²) in [4.78, 5) is 33.8. The van der Waals surface area contributed by atoms with Crippen molar-refractivity contribution in [3.63, 3.8) is 0 Å². The second-order valence-corrected chi connectivity index (χ2v) is 4.49. The van der Waals surface area contributed by atoms with E-state index < -0.39 is 17.7 Å². The van der Waals surface area contributed by atoms with Crippen LogP contribution in [0.15, 0.2) is 27.8 Å². The summed E-state index contributed by atoms with van der Waals surface area (Å²) in [6.45, 7) is 3.67. The quantitative estimate of drug-likeness (QED) is 0.727. The predicted octanol–water partition coefficient (Wildman–Crippen LogP) is 1.12. The van der Waals surface area contributed by atoms with Crippen molar-refractivity contribution in [3.05, 3.63) is 24.2 Å². The molecule has 1 aliphatic heterocycles. The topological polar surface area (TPSA) is 90.6 Å². The van der Waals surface area contributed by atoms with Crippen LogP contribution in [-0.4, -0.2) is 48.8 Å². The van der Waals surface area contributed by atoms with Crippen molar-refractivity contribution in [2.45, 2.75) is 26.0 Å². The molecule has 1 atom stereocenters. The summed E-state index contributed by atoms with van der Waals surface area (Å²) >= 11 is 0. The van der Waals surface area contributed by atoms with Gasteiger partial charge in [-0.05, 0) is 26.0 Å². The molecule has 0 aromatic carbocycles. The van der Waals surface area contributed by atoms with Crippen molar-refractivity contribution < 1.29 is 28.3 Å². The van der Waals surface area contributed by atoms with Crippen molar-refractivity contribution in [3.8, 4) is 0 Å². The van der Waals surface area contributed by atoms with Crippen LogP contribution in [0.4, 0.5) is 0 Å². The van der Waals surface area contributed by atoms with Gasteiger partial charge in [0.1, 0.15) is 6.42 Å². The lowest BCUT2D eigenvalue weighted by Gasteiger charge is -2.23. The van der Waals surface area contributed by atoms with Crippen LogP contribution >= 0.6 is 0 Å². The van der Waals surface area contributed by atoms with Crippen molar-refractivity contribution in [2.75, 3.05) is 20.3 Å². The smallest absolute Gasteiger partial charge is 0.364 e. The summed E-state index contributed by atoms with van der Waals surface area (Å²) in [6, 6.07) is 3.35. The van der Waals surface area contributed by atoms with Gasteiger partial charge in [0.15, 0.2) is 11.6 Å². The van der Waals surface area contributed by atoms with Gasteiger partial charge in [0.2, 0.25) is 0 Å². The molecule has 0 N–H and O–H groups in total. The molecule has 1 aliphatic rings. The molecule has 0 fully saturated rings. The van der Waals surface area contributed by atoms with Gasteiger partial charge in [0, 0.05) is 7.05 Å². The Balaban J connectivity index is 2.33. The zero-order chi connectivity index (χ0) is 16.2. The summed E-state index contributed by atoms with van der Waals surface area (Å²) in [5, 5.41) is 1.27. The molecule has 1 unspecified atom stereocenters. The number of esters is 2. The van der Waals surface area contributed by atoms with E-state index in [1.807, 2.05) is 0 Å². The highest BCUT2D eigenvalue weighted by atomic mass is 16.7. The number of hydroxylamine groups is 2. The van der Waals surface area contributed by atoms with E-state index in [0.717, 1.165) is 0 Å². The molecule has 22 heavy (non-hydrogen) atoms. The van der Waals surface area contributed by atoms with E-state index >= 15 is 0 Å². The fourth-order valence-corrected chi connectivity index (χ4v) is 2.03. The lowest BCUT2D eigenvalue weighted by Crippen LogP contribution is -2.43. The lowest BCUT2D eigenvalue weighted by molar-refractivity contribution is -0.207. The highest BCUT2D eigenvalue weighted by Crippen LogP contribution is 2.30. The first-order valence-corrected chi connectivity index (χ1v) is 6.92. The van der Waals surface area contributed by atoms with E-state index in [1.54, 1.807) is 33.0 Å². The molecule has 0 radical (unpaired) electrons. The van der Waals surface area contributed by atoms with Crippen LogP contribution < -0.4 is 0 Å². The number of furan rings is 1. The molecule has 8 nitrogen and oxygen atoms in total. The summed E-state index contributed by atoms with van der Waals surface area (Å²) in [5.74, 6) is -0.648. The monoisotopic (exact) mass is 310 g/mol. The van der Waals surface area contributed by atoms with Crippen molar-refractivity contribution in [1.29, 1.82) is 0 Å². The SMILES string of the molecule is CCOC(=O)CC1(C(=O)OCC)N=C(c2ccco2)N(C)O1. The number of nitrogens with zero attached hydrogens (tertiary/aromatic N) is 2. The molecule has 1 aromatic rings. The van der Waals surface area contributed by atoms with E-state index in [2.05, 4.69) is 4.99 Å². The normalized spacial score (nSPS) is 20.7. The fraction of sp³-hybridized carbons (Fsp3) is 0.500. The van der Waals surface area contributed by atoms with Crippen LogP contribution in [-0.2, 0) is 23.9 Å². The molecule has 0 aliphatic carbocycles. The van der Waals surface area contributed by atoms with E-state index in [1.165, 1.54) is 11.3 Å². The predicted molar refractivity (Wildman–Crippen MR) is 74.7 cm³/mol. The molecule has 2 heterocycles. The summed E-state index contributed by atoms with van der Waals surface area (Å²) in [5.41, 5.74) is -1.79. The summed E-state index contributed by atoms with van der Waals surface area (Å²) in [6.07, 6.45) is 1.09. The van der Waals surface area contributed by atoms with Gasteiger partial charge in [-0.1, -0.05) is 0 Å². The second-order valence-electron chi connectivity index (χ2n) is 4.49. The van der Waals surface area contributed by atoms with E-state index in [-0.39, 0.29) is 19.6 Å². The minimum absolute atomic E-state index is 0.141. The molecule has 0 bridgehead atoms. The van der Waals surface area contributed by atoms with E-state index in [0.29, 0.717) is 11.6 Å². The highest BCUT2D eigenvalue weighted by molar-refractivity contribution is 6.00. The molecular formula is C14H18N2O6.